The van der Waals surface area contributed by atoms with Crippen molar-refractivity contribution < 1.29 is 29.0 Å². The molecule has 0 bridgehead atoms. The topological polar surface area (TPSA) is 142 Å². The molecule has 2 aliphatic heterocycles. The Balaban J connectivity index is 1.96. The van der Waals surface area contributed by atoms with Gasteiger partial charge in [-0.05, 0) is 22.8 Å². The molecule has 0 aliphatic carbocycles. The molecule has 0 saturated carbocycles. The predicted octanol–water partition coefficient (Wildman–Crippen LogP) is 1.89. The van der Waals surface area contributed by atoms with Crippen LogP contribution < -0.4 is 4.74 Å². The zero-order chi connectivity index (χ0) is 19.6. The van der Waals surface area contributed by atoms with Crippen molar-refractivity contribution in [2.45, 2.75) is 18.0 Å². The van der Waals surface area contributed by atoms with E-state index in [0.717, 1.165) is 4.90 Å². The average Bonchev–Trinajstić information content (AvgIpc) is 2.65. The van der Waals surface area contributed by atoms with E-state index >= 15 is 0 Å². The molecule has 1 aromatic rings. The minimum absolute atomic E-state index is 0.171. The van der Waals surface area contributed by atoms with Crippen LogP contribution in [0.3, 0.4) is 0 Å². The number of nitrogens with zero attached hydrogens (tertiary/aromatic N) is 4. The lowest BCUT2D eigenvalue weighted by atomic mass is 9.99. The van der Waals surface area contributed by atoms with Gasteiger partial charge in [0.1, 0.15) is 23.4 Å². The number of carbonyl (C=O) groups excluding carboxylic acids is 2. The number of hydrogen-bond donors (Lipinski definition) is 1. The van der Waals surface area contributed by atoms with Crippen LogP contribution in [0.15, 0.2) is 46.7 Å². The van der Waals surface area contributed by atoms with Crippen LogP contribution in [0.4, 0.5) is 0 Å². The summed E-state index contributed by atoms with van der Waals surface area (Å²) in [6, 6.07) is 8.32. The summed E-state index contributed by atoms with van der Waals surface area (Å²) < 4.78 is 10.6. The minimum atomic E-state index is -1.88. The van der Waals surface area contributed by atoms with E-state index in [0.29, 0.717) is 5.75 Å². The fraction of sp³-hybridized carbons (Fsp3) is 0.312. The monoisotopic (exact) mass is 390 g/mol. The molecule has 2 aliphatic rings. The van der Waals surface area contributed by atoms with E-state index in [9.17, 15) is 19.5 Å². The smallest absolute Gasteiger partial charge is 0.352 e. The zero-order valence-corrected chi connectivity index (χ0v) is 14.9. The third-order valence-corrected chi connectivity index (χ3v) is 5.31. The molecule has 1 aromatic carbocycles. The number of rotatable bonds is 6. The molecule has 1 N–H and O–H groups in total. The molecule has 1 amide bonds. The molecular weight excluding hydrogens is 376 g/mol. The van der Waals surface area contributed by atoms with Crippen molar-refractivity contribution in [2.24, 2.45) is 5.11 Å². The van der Waals surface area contributed by atoms with Crippen LogP contribution in [0.2, 0.25) is 0 Å². The van der Waals surface area contributed by atoms with E-state index in [1.165, 1.54) is 18.7 Å². The highest BCUT2D eigenvalue weighted by atomic mass is 32.2. The van der Waals surface area contributed by atoms with Crippen molar-refractivity contribution >= 4 is 29.6 Å². The Morgan fingerprint density at radius 1 is 1.44 bits per heavy atom. The number of hydrogen-bond acceptors (Lipinski definition) is 7. The third kappa shape index (κ3) is 3.18. The van der Waals surface area contributed by atoms with Crippen LogP contribution in [0, 0.1) is 0 Å². The number of ether oxygens (including phenoxy) is 2. The number of amides is 1. The Hall–Kier alpha value is -3.17. The summed E-state index contributed by atoms with van der Waals surface area (Å²) in [5, 5.41) is 12.3. The van der Waals surface area contributed by atoms with Crippen LogP contribution in [-0.4, -0.2) is 51.3 Å². The molecule has 10 nitrogen and oxygen atoms in total. The third-order valence-electron chi connectivity index (χ3n) is 3.95. The summed E-state index contributed by atoms with van der Waals surface area (Å²) in [4.78, 5) is 39.3. The van der Waals surface area contributed by atoms with Gasteiger partial charge in [0.15, 0.2) is 0 Å². The lowest BCUT2D eigenvalue weighted by Gasteiger charge is -2.53. The largest absolute Gasteiger partial charge is 0.477 e. The number of β-lactam (4-membered cyclic amide) rings is 1. The molecule has 0 spiro atoms. The Morgan fingerprint density at radius 2 is 2.15 bits per heavy atom. The second-order valence-electron chi connectivity index (χ2n) is 5.68. The number of aliphatic carboxylic acids is 1. The molecule has 2 atom stereocenters. The maximum atomic E-state index is 12.8. The van der Waals surface area contributed by atoms with E-state index in [1.54, 1.807) is 30.3 Å². The summed E-state index contributed by atoms with van der Waals surface area (Å²) >= 11 is 1.17. The molecule has 27 heavy (non-hydrogen) atoms. The Kier molecular flexibility index (Phi) is 4.98. The van der Waals surface area contributed by atoms with Gasteiger partial charge in [-0.1, -0.05) is 18.2 Å². The van der Waals surface area contributed by atoms with Crippen molar-refractivity contribution in [1.29, 1.82) is 0 Å². The first-order valence-electron chi connectivity index (χ1n) is 7.75. The Morgan fingerprint density at radius 3 is 2.74 bits per heavy atom. The van der Waals surface area contributed by atoms with Crippen molar-refractivity contribution in [2.75, 3.05) is 12.4 Å². The van der Waals surface area contributed by atoms with E-state index in [4.69, 9.17) is 15.0 Å². The van der Waals surface area contributed by atoms with Crippen LogP contribution in [0.5, 0.6) is 5.75 Å². The van der Waals surface area contributed by atoms with Crippen molar-refractivity contribution in [3.05, 3.63) is 52.0 Å². The normalized spacial score (nSPS) is 23.7. The molecule has 0 aromatic heterocycles. The van der Waals surface area contributed by atoms with E-state index in [1.807, 2.05) is 0 Å². The fourth-order valence-corrected chi connectivity index (χ4v) is 4.16. The maximum absolute atomic E-state index is 12.8. The van der Waals surface area contributed by atoms with Gasteiger partial charge in [0.25, 0.3) is 11.6 Å². The quantitative estimate of drug-likeness (QED) is 0.257. The molecule has 11 heteroatoms. The first kappa shape index (κ1) is 18.6. The standard InChI is InChI=1S/C16H14N4O6S/c1-9(21)25-7-10-8-27-15-16(18-19-17,26-11-5-3-2-4-6-11)14(24)20(15)12(10)13(22)23/h2-6,15H,7-8H2,1H3,(H,22,23)/t15-,16?/m1/s1. The van der Waals surface area contributed by atoms with Crippen LogP contribution in [-0.2, 0) is 19.1 Å². The van der Waals surface area contributed by atoms with Crippen molar-refractivity contribution in [1.82, 2.24) is 4.90 Å². The van der Waals surface area contributed by atoms with Gasteiger partial charge in [0.05, 0.1) is 0 Å². The highest BCUT2D eigenvalue weighted by Gasteiger charge is 2.67. The van der Waals surface area contributed by atoms with Gasteiger partial charge in [0.2, 0.25) is 0 Å². The molecule has 1 fully saturated rings. The van der Waals surface area contributed by atoms with Crippen molar-refractivity contribution in [3.63, 3.8) is 0 Å². The Labute approximate surface area is 157 Å². The number of carbonyl (C=O) groups is 3. The Bertz CT molecular complexity index is 882. The number of fused-ring (bicyclic) bond motifs is 1. The van der Waals surface area contributed by atoms with Gasteiger partial charge in [-0.2, -0.15) is 0 Å². The number of benzene rings is 1. The van der Waals surface area contributed by atoms with Crippen LogP contribution in [0.1, 0.15) is 6.92 Å². The van der Waals surface area contributed by atoms with Crippen LogP contribution in [0.25, 0.3) is 10.4 Å². The predicted molar refractivity (Wildman–Crippen MR) is 93.3 cm³/mol. The molecule has 0 radical (unpaired) electrons. The number of para-hydroxylation sites is 1. The molecular formula is C16H14N4O6S. The molecule has 2 heterocycles. The number of thioether (sulfide) groups is 1. The van der Waals surface area contributed by atoms with E-state index < -0.39 is 28.9 Å². The second kappa shape index (κ2) is 7.22. The van der Waals surface area contributed by atoms with Gasteiger partial charge in [-0.25, -0.2) is 4.79 Å². The number of carboxylic acid groups (broad SMARTS) is 1. The molecule has 140 valence electrons. The number of azide groups is 1. The summed E-state index contributed by atoms with van der Waals surface area (Å²) in [5.74, 6) is -2.22. The molecule has 3 rings (SSSR count). The lowest BCUT2D eigenvalue weighted by molar-refractivity contribution is -0.172. The van der Waals surface area contributed by atoms with Gasteiger partial charge >= 0.3 is 11.9 Å². The van der Waals surface area contributed by atoms with Crippen molar-refractivity contribution in [3.8, 4) is 5.75 Å². The number of carboxylic acids is 1. The molecule has 1 saturated heterocycles. The van der Waals surface area contributed by atoms with Gasteiger partial charge in [-0.15, -0.1) is 11.8 Å². The van der Waals surface area contributed by atoms with Gasteiger partial charge in [-0.3, -0.25) is 14.5 Å². The first-order valence-corrected chi connectivity index (χ1v) is 8.80. The highest BCUT2D eigenvalue weighted by Crippen LogP contribution is 2.49. The summed E-state index contributed by atoms with van der Waals surface area (Å²) in [6.45, 7) is 0.962. The summed E-state index contributed by atoms with van der Waals surface area (Å²) in [5.41, 5.74) is 7.05. The average molecular weight is 390 g/mol. The zero-order valence-electron chi connectivity index (χ0n) is 14.1. The first-order chi connectivity index (χ1) is 12.9. The molecule has 1 unspecified atom stereocenters. The van der Waals surface area contributed by atoms with Gasteiger partial charge in [0, 0.05) is 23.2 Å². The van der Waals surface area contributed by atoms with E-state index in [-0.39, 0.29) is 23.6 Å². The fourth-order valence-electron chi connectivity index (χ4n) is 2.81. The van der Waals surface area contributed by atoms with Gasteiger partial charge < -0.3 is 14.6 Å². The summed E-state index contributed by atoms with van der Waals surface area (Å²) in [6.07, 6.45) is 0. The van der Waals surface area contributed by atoms with Crippen LogP contribution >= 0.6 is 11.8 Å². The minimum Gasteiger partial charge on any atom is -0.477 e. The highest BCUT2D eigenvalue weighted by molar-refractivity contribution is 8.00. The number of esters is 1. The van der Waals surface area contributed by atoms with E-state index in [2.05, 4.69) is 10.0 Å². The SMILES string of the molecule is CC(=O)OCC1=C(C(=O)O)N2C(=O)C(N=[N+]=[N-])(Oc3ccccc3)[C@H]2SC1. The second-order valence-corrected chi connectivity index (χ2v) is 6.75. The lowest BCUT2D eigenvalue weighted by Crippen LogP contribution is -2.75. The maximum Gasteiger partial charge on any atom is 0.352 e. The summed E-state index contributed by atoms with van der Waals surface area (Å²) in [7, 11) is 0.